The van der Waals surface area contributed by atoms with E-state index in [0.29, 0.717) is 18.0 Å². The molecule has 1 atom stereocenters. The van der Waals surface area contributed by atoms with Crippen molar-refractivity contribution in [1.82, 2.24) is 0 Å². The van der Waals surface area contributed by atoms with Crippen molar-refractivity contribution in [2.24, 2.45) is 5.92 Å². The molecule has 1 aliphatic carbocycles. The van der Waals surface area contributed by atoms with E-state index in [4.69, 9.17) is 0 Å². The summed E-state index contributed by atoms with van der Waals surface area (Å²) in [4.78, 5) is 11.7. The van der Waals surface area contributed by atoms with Gasteiger partial charge in [-0.3, -0.25) is 4.79 Å². The number of allylic oxidation sites excluding steroid dienone is 2. The van der Waals surface area contributed by atoms with Crippen molar-refractivity contribution in [2.75, 3.05) is 5.32 Å². The summed E-state index contributed by atoms with van der Waals surface area (Å²) in [5, 5.41) is 12.4. The fourth-order valence-corrected chi connectivity index (χ4v) is 2.05. The quantitative estimate of drug-likeness (QED) is 0.620. The van der Waals surface area contributed by atoms with Crippen LogP contribution in [-0.4, -0.2) is 11.0 Å². The molecule has 1 aromatic rings. The number of phenols is 1. The number of hydrogen-bond acceptors (Lipinski definition) is 2. The van der Waals surface area contributed by atoms with Crippen LogP contribution in [-0.2, 0) is 4.79 Å². The summed E-state index contributed by atoms with van der Waals surface area (Å²) >= 11 is 0. The van der Waals surface area contributed by atoms with Crippen molar-refractivity contribution in [2.45, 2.75) is 26.2 Å². The minimum atomic E-state index is -0.0410. The van der Waals surface area contributed by atoms with Crippen LogP contribution in [0, 0.1) is 12.8 Å². The molecule has 90 valence electrons. The number of aryl methyl sites for hydroxylation is 1. The SMILES string of the molecule is Cc1ccc(NC(=O)C[C@H]2C=CCC2)c(O)c1. The third kappa shape index (κ3) is 3.09. The van der Waals surface area contributed by atoms with E-state index in [9.17, 15) is 9.90 Å². The molecule has 0 unspecified atom stereocenters. The van der Waals surface area contributed by atoms with Crippen molar-refractivity contribution in [1.29, 1.82) is 0 Å². The normalized spacial score (nSPS) is 18.3. The highest BCUT2D eigenvalue weighted by molar-refractivity contribution is 5.92. The average molecular weight is 231 g/mol. The van der Waals surface area contributed by atoms with Gasteiger partial charge in [0.15, 0.2) is 0 Å². The largest absolute Gasteiger partial charge is 0.506 e. The van der Waals surface area contributed by atoms with Gasteiger partial charge in [0.2, 0.25) is 5.91 Å². The number of carbonyl (C=O) groups is 1. The lowest BCUT2D eigenvalue weighted by atomic mass is 10.0. The first-order valence-corrected chi connectivity index (χ1v) is 5.91. The van der Waals surface area contributed by atoms with Crippen molar-refractivity contribution >= 4 is 11.6 Å². The topological polar surface area (TPSA) is 49.3 Å². The van der Waals surface area contributed by atoms with E-state index in [1.807, 2.05) is 13.0 Å². The van der Waals surface area contributed by atoms with Crippen LogP contribution in [0.3, 0.4) is 0 Å². The molecule has 1 aromatic carbocycles. The zero-order chi connectivity index (χ0) is 12.3. The number of amides is 1. The van der Waals surface area contributed by atoms with Gasteiger partial charge in [-0.25, -0.2) is 0 Å². The van der Waals surface area contributed by atoms with E-state index in [2.05, 4.69) is 17.5 Å². The van der Waals surface area contributed by atoms with Gasteiger partial charge in [0.1, 0.15) is 5.75 Å². The van der Waals surface area contributed by atoms with Gasteiger partial charge >= 0.3 is 0 Å². The van der Waals surface area contributed by atoms with Gasteiger partial charge in [-0.2, -0.15) is 0 Å². The number of aromatic hydroxyl groups is 1. The molecule has 2 N–H and O–H groups in total. The maximum Gasteiger partial charge on any atom is 0.225 e. The fraction of sp³-hybridized carbons (Fsp3) is 0.357. The third-order valence-corrected chi connectivity index (χ3v) is 2.99. The summed E-state index contributed by atoms with van der Waals surface area (Å²) in [6.07, 6.45) is 6.81. The lowest BCUT2D eigenvalue weighted by Gasteiger charge is -2.10. The summed E-state index contributed by atoms with van der Waals surface area (Å²) in [6.45, 7) is 1.90. The summed E-state index contributed by atoms with van der Waals surface area (Å²) in [5.74, 6) is 0.434. The molecule has 0 saturated heterocycles. The van der Waals surface area contributed by atoms with Crippen LogP contribution in [0.1, 0.15) is 24.8 Å². The summed E-state index contributed by atoms with van der Waals surface area (Å²) in [5.41, 5.74) is 1.46. The van der Waals surface area contributed by atoms with Crippen LogP contribution in [0.2, 0.25) is 0 Å². The molecule has 1 aliphatic rings. The molecule has 0 aliphatic heterocycles. The number of anilines is 1. The molecule has 0 bridgehead atoms. The fourth-order valence-electron chi connectivity index (χ4n) is 2.05. The zero-order valence-corrected chi connectivity index (χ0v) is 9.94. The maximum atomic E-state index is 11.7. The molecule has 3 heteroatoms. The lowest BCUT2D eigenvalue weighted by molar-refractivity contribution is -0.116. The highest BCUT2D eigenvalue weighted by Crippen LogP contribution is 2.25. The molecule has 1 amide bonds. The van der Waals surface area contributed by atoms with E-state index < -0.39 is 0 Å². The first kappa shape index (κ1) is 11.7. The van der Waals surface area contributed by atoms with Crippen molar-refractivity contribution in [3.63, 3.8) is 0 Å². The third-order valence-electron chi connectivity index (χ3n) is 2.99. The number of phenolic OH excluding ortho intramolecular Hbond substituents is 1. The molecule has 3 nitrogen and oxygen atoms in total. The van der Waals surface area contributed by atoms with E-state index in [1.165, 1.54) is 0 Å². The number of hydrogen-bond donors (Lipinski definition) is 2. The molecule has 0 radical (unpaired) electrons. The van der Waals surface area contributed by atoms with Gasteiger partial charge in [-0.15, -0.1) is 0 Å². The zero-order valence-electron chi connectivity index (χ0n) is 9.94. The minimum absolute atomic E-state index is 0.0410. The predicted octanol–water partition coefficient (Wildman–Crippen LogP) is 3.00. The van der Waals surface area contributed by atoms with Gasteiger partial charge < -0.3 is 10.4 Å². The molecule has 0 aromatic heterocycles. The van der Waals surface area contributed by atoms with Crippen molar-refractivity contribution in [3.8, 4) is 5.75 Å². The van der Waals surface area contributed by atoms with Gasteiger partial charge in [-0.1, -0.05) is 18.2 Å². The second-order valence-electron chi connectivity index (χ2n) is 4.54. The second kappa shape index (κ2) is 5.04. The Hall–Kier alpha value is -1.77. The average Bonchev–Trinajstić information content (AvgIpc) is 2.75. The van der Waals surface area contributed by atoms with Gasteiger partial charge in [-0.05, 0) is 43.4 Å². The standard InChI is InChI=1S/C14H17NO2/c1-10-6-7-12(13(16)8-10)15-14(17)9-11-4-2-3-5-11/h2,4,6-8,11,16H,3,5,9H2,1H3,(H,15,17)/t11-/m0/s1. The summed E-state index contributed by atoms with van der Waals surface area (Å²) in [7, 11) is 0. The first-order valence-electron chi connectivity index (χ1n) is 5.91. The number of rotatable bonds is 3. The second-order valence-corrected chi connectivity index (χ2v) is 4.54. The van der Waals surface area contributed by atoms with Crippen molar-refractivity contribution in [3.05, 3.63) is 35.9 Å². The van der Waals surface area contributed by atoms with Crippen LogP contribution in [0.25, 0.3) is 0 Å². The molecule has 0 saturated carbocycles. The van der Waals surface area contributed by atoms with E-state index in [-0.39, 0.29) is 11.7 Å². The van der Waals surface area contributed by atoms with Gasteiger partial charge in [0.05, 0.1) is 5.69 Å². The molecule has 0 fully saturated rings. The Morgan fingerprint density at radius 2 is 2.35 bits per heavy atom. The Morgan fingerprint density at radius 1 is 1.53 bits per heavy atom. The predicted molar refractivity (Wildman–Crippen MR) is 68.0 cm³/mol. The number of carbonyl (C=O) groups excluding carboxylic acids is 1. The van der Waals surface area contributed by atoms with Crippen LogP contribution in [0.4, 0.5) is 5.69 Å². The Morgan fingerprint density at radius 3 is 3.00 bits per heavy atom. The first-order chi connectivity index (χ1) is 8.15. The Bertz CT molecular complexity index is 452. The summed E-state index contributed by atoms with van der Waals surface area (Å²) in [6, 6.07) is 5.24. The molecule has 17 heavy (non-hydrogen) atoms. The van der Waals surface area contributed by atoms with E-state index in [0.717, 1.165) is 18.4 Å². The number of benzene rings is 1. The van der Waals surface area contributed by atoms with E-state index >= 15 is 0 Å². The Kier molecular flexibility index (Phi) is 3.47. The molecular formula is C14H17NO2. The maximum absolute atomic E-state index is 11.7. The van der Waals surface area contributed by atoms with Crippen molar-refractivity contribution < 1.29 is 9.90 Å². The molecule has 2 rings (SSSR count). The van der Waals surface area contributed by atoms with Gasteiger partial charge in [0.25, 0.3) is 0 Å². The number of nitrogens with one attached hydrogen (secondary N) is 1. The highest BCUT2D eigenvalue weighted by Gasteiger charge is 2.14. The van der Waals surface area contributed by atoms with Crippen LogP contribution < -0.4 is 5.32 Å². The Labute approximate surface area is 101 Å². The van der Waals surface area contributed by atoms with Crippen LogP contribution >= 0.6 is 0 Å². The minimum Gasteiger partial charge on any atom is -0.506 e. The van der Waals surface area contributed by atoms with Crippen LogP contribution in [0.15, 0.2) is 30.4 Å². The van der Waals surface area contributed by atoms with E-state index in [1.54, 1.807) is 12.1 Å². The van der Waals surface area contributed by atoms with Gasteiger partial charge in [0, 0.05) is 6.42 Å². The highest BCUT2D eigenvalue weighted by atomic mass is 16.3. The molecule has 0 heterocycles. The molecular weight excluding hydrogens is 214 g/mol. The van der Waals surface area contributed by atoms with Crippen LogP contribution in [0.5, 0.6) is 5.75 Å². The Balaban J connectivity index is 1.95. The molecule has 0 spiro atoms. The monoisotopic (exact) mass is 231 g/mol. The summed E-state index contributed by atoms with van der Waals surface area (Å²) < 4.78 is 0. The smallest absolute Gasteiger partial charge is 0.225 e. The lowest BCUT2D eigenvalue weighted by Crippen LogP contribution is -2.14.